The fourth-order valence-corrected chi connectivity index (χ4v) is 1.75. The molecule has 0 bridgehead atoms. The summed E-state index contributed by atoms with van der Waals surface area (Å²) in [5.41, 5.74) is 2.24. The van der Waals surface area contributed by atoms with E-state index in [1.165, 1.54) is 19.3 Å². The predicted octanol–water partition coefficient (Wildman–Crippen LogP) is 3.06. The highest BCUT2D eigenvalue weighted by atomic mass is 14.9. The maximum atomic E-state index is 4.48. The first kappa shape index (κ1) is 12.2. The summed E-state index contributed by atoms with van der Waals surface area (Å²) in [5.74, 6) is 0. The van der Waals surface area contributed by atoms with E-state index in [2.05, 4.69) is 36.3 Å². The predicted molar refractivity (Wildman–Crippen MR) is 64.8 cm³/mol. The largest absolute Gasteiger partial charge is 0.308 e. The summed E-state index contributed by atoms with van der Waals surface area (Å²) in [6.45, 7) is 7.39. The third-order valence-corrected chi connectivity index (χ3v) is 2.65. The average Bonchev–Trinajstić information content (AvgIpc) is 2.24. The molecule has 1 unspecified atom stereocenters. The van der Waals surface area contributed by atoms with Crippen molar-refractivity contribution >= 4 is 0 Å². The van der Waals surface area contributed by atoms with E-state index in [4.69, 9.17) is 0 Å². The van der Waals surface area contributed by atoms with Gasteiger partial charge < -0.3 is 5.32 Å². The SMILES string of the molecule is CCCC(CC)NCc1cccc(C)n1. The molecule has 0 radical (unpaired) electrons. The van der Waals surface area contributed by atoms with Gasteiger partial charge >= 0.3 is 0 Å². The zero-order valence-electron chi connectivity index (χ0n) is 10.1. The molecule has 1 rings (SSSR count). The van der Waals surface area contributed by atoms with Gasteiger partial charge in [-0.2, -0.15) is 0 Å². The summed E-state index contributed by atoms with van der Waals surface area (Å²) in [6, 6.07) is 6.82. The van der Waals surface area contributed by atoms with Crippen LogP contribution in [-0.4, -0.2) is 11.0 Å². The third kappa shape index (κ3) is 4.43. The van der Waals surface area contributed by atoms with Crippen LogP contribution in [0.2, 0.25) is 0 Å². The van der Waals surface area contributed by atoms with Crippen LogP contribution in [-0.2, 0) is 6.54 Å². The van der Waals surface area contributed by atoms with Gasteiger partial charge in [-0.15, -0.1) is 0 Å². The Balaban J connectivity index is 2.41. The van der Waals surface area contributed by atoms with Gasteiger partial charge in [0.1, 0.15) is 0 Å². The Morgan fingerprint density at radius 2 is 2.13 bits per heavy atom. The second-order valence-corrected chi connectivity index (χ2v) is 4.05. The number of pyridine rings is 1. The number of hydrogen-bond acceptors (Lipinski definition) is 2. The molecule has 84 valence electrons. The van der Waals surface area contributed by atoms with Gasteiger partial charge in [-0.25, -0.2) is 0 Å². The minimum Gasteiger partial charge on any atom is -0.308 e. The molecule has 0 aliphatic heterocycles. The summed E-state index contributed by atoms with van der Waals surface area (Å²) in [7, 11) is 0. The van der Waals surface area contributed by atoms with Crippen LogP contribution in [0.25, 0.3) is 0 Å². The molecule has 1 heterocycles. The van der Waals surface area contributed by atoms with Crippen molar-refractivity contribution in [2.45, 2.75) is 52.6 Å². The molecule has 1 aromatic rings. The van der Waals surface area contributed by atoms with Gasteiger partial charge in [0.2, 0.25) is 0 Å². The van der Waals surface area contributed by atoms with Gasteiger partial charge in [-0.1, -0.05) is 26.3 Å². The molecule has 0 saturated carbocycles. The van der Waals surface area contributed by atoms with Crippen molar-refractivity contribution in [1.82, 2.24) is 10.3 Å². The van der Waals surface area contributed by atoms with Gasteiger partial charge in [0.05, 0.1) is 5.69 Å². The first-order valence-electron chi connectivity index (χ1n) is 5.92. The Morgan fingerprint density at radius 1 is 1.33 bits per heavy atom. The van der Waals surface area contributed by atoms with Crippen LogP contribution in [0.15, 0.2) is 18.2 Å². The quantitative estimate of drug-likeness (QED) is 0.773. The lowest BCUT2D eigenvalue weighted by Crippen LogP contribution is -2.28. The van der Waals surface area contributed by atoms with Crippen LogP contribution in [0.4, 0.5) is 0 Å². The van der Waals surface area contributed by atoms with Gasteiger partial charge in [0.25, 0.3) is 0 Å². The minimum atomic E-state index is 0.636. The maximum Gasteiger partial charge on any atom is 0.0544 e. The van der Waals surface area contributed by atoms with Crippen LogP contribution in [0, 0.1) is 6.92 Å². The minimum absolute atomic E-state index is 0.636. The van der Waals surface area contributed by atoms with Gasteiger partial charge in [-0.05, 0) is 31.9 Å². The Bertz CT molecular complexity index is 284. The molecule has 15 heavy (non-hydrogen) atoms. The molecule has 0 saturated heterocycles. The molecule has 0 aliphatic carbocycles. The topological polar surface area (TPSA) is 24.9 Å². The zero-order chi connectivity index (χ0) is 11.1. The molecule has 0 amide bonds. The Kier molecular flexibility index (Phi) is 5.33. The van der Waals surface area contributed by atoms with Crippen molar-refractivity contribution in [3.63, 3.8) is 0 Å². The molecule has 0 spiro atoms. The van der Waals surface area contributed by atoms with Crippen molar-refractivity contribution < 1.29 is 0 Å². The molecule has 2 nitrogen and oxygen atoms in total. The summed E-state index contributed by atoms with van der Waals surface area (Å²) in [5, 5.41) is 3.55. The fraction of sp³-hybridized carbons (Fsp3) is 0.615. The van der Waals surface area contributed by atoms with E-state index in [9.17, 15) is 0 Å². The van der Waals surface area contributed by atoms with Crippen molar-refractivity contribution in [2.75, 3.05) is 0 Å². The van der Waals surface area contributed by atoms with Crippen molar-refractivity contribution in [3.05, 3.63) is 29.6 Å². The number of aromatic nitrogens is 1. The molecule has 1 aromatic heterocycles. The van der Waals surface area contributed by atoms with Gasteiger partial charge in [0.15, 0.2) is 0 Å². The highest BCUT2D eigenvalue weighted by Gasteiger charge is 2.04. The van der Waals surface area contributed by atoms with Crippen LogP contribution < -0.4 is 5.32 Å². The summed E-state index contributed by atoms with van der Waals surface area (Å²) in [4.78, 5) is 4.48. The monoisotopic (exact) mass is 206 g/mol. The number of nitrogens with one attached hydrogen (secondary N) is 1. The Morgan fingerprint density at radius 3 is 2.73 bits per heavy atom. The zero-order valence-corrected chi connectivity index (χ0v) is 10.1. The lowest BCUT2D eigenvalue weighted by atomic mass is 10.1. The van der Waals surface area contributed by atoms with Crippen LogP contribution >= 0.6 is 0 Å². The summed E-state index contributed by atoms with van der Waals surface area (Å²) >= 11 is 0. The van der Waals surface area contributed by atoms with Crippen molar-refractivity contribution in [3.8, 4) is 0 Å². The van der Waals surface area contributed by atoms with E-state index >= 15 is 0 Å². The van der Waals surface area contributed by atoms with E-state index in [0.29, 0.717) is 6.04 Å². The molecule has 1 N–H and O–H groups in total. The highest BCUT2D eigenvalue weighted by Crippen LogP contribution is 2.03. The van der Waals surface area contributed by atoms with E-state index < -0.39 is 0 Å². The highest BCUT2D eigenvalue weighted by molar-refractivity contribution is 5.09. The van der Waals surface area contributed by atoms with E-state index in [-0.39, 0.29) is 0 Å². The molecule has 0 fully saturated rings. The lowest BCUT2D eigenvalue weighted by molar-refractivity contribution is 0.459. The number of hydrogen-bond donors (Lipinski definition) is 1. The number of nitrogens with zero attached hydrogens (tertiary/aromatic N) is 1. The second-order valence-electron chi connectivity index (χ2n) is 4.05. The summed E-state index contributed by atoms with van der Waals surface area (Å²) in [6.07, 6.45) is 3.69. The van der Waals surface area contributed by atoms with E-state index in [1.54, 1.807) is 0 Å². The van der Waals surface area contributed by atoms with Gasteiger partial charge in [-0.3, -0.25) is 4.98 Å². The molecule has 0 aromatic carbocycles. The van der Waals surface area contributed by atoms with E-state index in [1.807, 2.05) is 13.0 Å². The first-order chi connectivity index (χ1) is 7.26. The summed E-state index contributed by atoms with van der Waals surface area (Å²) < 4.78 is 0. The molecule has 0 aliphatic rings. The normalized spacial score (nSPS) is 12.7. The van der Waals surface area contributed by atoms with Crippen molar-refractivity contribution in [2.24, 2.45) is 0 Å². The molecular weight excluding hydrogens is 184 g/mol. The smallest absolute Gasteiger partial charge is 0.0544 e. The Labute approximate surface area is 93.1 Å². The third-order valence-electron chi connectivity index (χ3n) is 2.65. The average molecular weight is 206 g/mol. The van der Waals surface area contributed by atoms with Crippen molar-refractivity contribution in [1.29, 1.82) is 0 Å². The number of aryl methyl sites for hydroxylation is 1. The lowest BCUT2D eigenvalue weighted by Gasteiger charge is -2.15. The first-order valence-corrected chi connectivity index (χ1v) is 5.92. The van der Waals surface area contributed by atoms with Crippen LogP contribution in [0.1, 0.15) is 44.5 Å². The second kappa shape index (κ2) is 6.57. The molecule has 2 heteroatoms. The van der Waals surface area contributed by atoms with Crippen LogP contribution in [0.3, 0.4) is 0 Å². The van der Waals surface area contributed by atoms with E-state index in [0.717, 1.165) is 17.9 Å². The maximum absolute atomic E-state index is 4.48. The molecule has 1 atom stereocenters. The number of rotatable bonds is 6. The van der Waals surface area contributed by atoms with Gasteiger partial charge in [0, 0.05) is 18.3 Å². The fourth-order valence-electron chi connectivity index (χ4n) is 1.75. The Hall–Kier alpha value is -0.890. The van der Waals surface area contributed by atoms with Crippen LogP contribution in [0.5, 0.6) is 0 Å². The molecular formula is C13H22N2. The standard InChI is InChI=1S/C13H22N2/c1-4-7-12(5-2)14-10-13-9-6-8-11(3)15-13/h6,8-9,12,14H,4-5,7,10H2,1-3H3.